The van der Waals surface area contributed by atoms with Crippen molar-refractivity contribution in [1.82, 2.24) is 10.6 Å². The summed E-state index contributed by atoms with van der Waals surface area (Å²) in [5, 5.41) is 6.71. The van der Waals surface area contributed by atoms with Crippen molar-refractivity contribution in [2.75, 3.05) is 32.6 Å². The summed E-state index contributed by atoms with van der Waals surface area (Å²) in [4.78, 5) is 6.36. The van der Waals surface area contributed by atoms with Gasteiger partial charge in [-0.05, 0) is 24.1 Å². The van der Waals surface area contributed by atoms with Crippen LogP contribution >= 0.6 is 0 Å². The quantitative estimate of drug-likeness (QED) is 0.439. The molecular weight excluding hydrogens is 260 g/mol. The molecule has 0 aromatic heterocycles. The number of nitrogens with zero attached hydrogens (tertiary/aromatic N) is 2. The van der Waals surface area contributed by atoms with Gasteiger partial charge in [-0.1, -0.05) is 38.3 Å². The van der Waals surface area contributed by atoms with Gasteiger partial charge in [0.2, 0.25) is 0 Å². The van der Waals surface area contributed by atoms with Crippen LogP contribution in [0.5, 0.6) is 0 Å². The molecule has 0 spiro atoms. The van der Waals surface area contributed by atoms with Gasteiger partial charge in [0.05, 0.1) is 0 Å². The van der Waals surface area contributed by atoms with Gasteiger partial charge in [0.15, 0.2) is 5.96 Å². The summed E-state index contributed by atoms with van der Waals surface area (Å²) in [5.74, 6) is 0.878. The van der Waals surface area contributed by atoms with Gasteiger partial charge in [0.25, 0.3) is 0 Å². The van der Waals surface area contributed by atoms with E-state index in [2.05, 4.69) is 65.8 Å². The molecule has 0 saturated heterocycles. The third-order valence-corrected chi connectivity index (χ3v) is 3.46. The highest BCUT2D eigenvalue weighted by Crippen LogP contribution is 2.11. The highest BCUT2D eigenvalue weighted by molar-refractivity contribution is 5.79. The van der Waals surface area contributed by atoms with Gasteiger partial charge in [-0.15, -0.1) is 0 Å². The van der Waals surface area contributed by atoms with E-state index in [1.807, 2.05) is 7.05 Å². The van der Waals surface area contributed by atoms with Crippen molar-refractivity contribution < 1.29 is 0 Å². The molecule has 1 rings (SSSR count). The van der Waals surface area contributed by atoms with Crippen LogP contribution in [0.4, 0.5) is 5.69 Å². The summed E-state index contributed by atoms with van der Waals surface area (Å²) in [6.45, 7) is 4.01. The summed E-state index contributed by atoms with van der Waals surface area (Å²) in [6, 6.07) is 8.57. The second-order valence-electron chi connectivity index (χ2n) is 5.47. The van der Waals surface area contributed by atoms with Gasteiger partial charge in [0.1, 0.15) is 0 Å². The first-order chi connectivity index (χ1) is 10.2. The van der Waals surface area contributed by atoms with Gasteiger partial charge in [-0.3, -0.25) is 4.99 Å². The molecule has 0 aliphatic carbocycles. The SMILES string of the molecule is CCCCCCNC(=NC)NCc1ccc(N(C)C)cc1. The number of hydrogen-bond donors (Lipinski definition) is 2. The van der Waals surface area contributed by atoms with E-state index in [1.54, 1.807) is 0 Å². The minimum atomic E-state index is 0.794. The van der Waals surface area contributed by atoms with E-state index in [4.69, 9.17) is 0 Å². The molecule has 21 heavy (non-hydrogen) atoms. The average Bonchev–Trinajstić information content (AvgIpc) is 2.50. The summed E-state index contributed by atoms with van der Waals surface area (Å²) in [5.41, 5.74) is 2.48. The third-order valence-electron chi connectivity index (χ3n) is 3.46. The number of guanidine groups is 1. The molecule has 0 aliphatic rings. The predicted octanol–water partition coefficient (Wildman–Crippen LogP) is 3.00. The van der Waals surface area contributed by atoms with Crippen LogP contribution < -0.4 is 15.5 Å². The molecule has 1 aromatic carbocycles. The first-order valence-corrected chi connectivity index (χ1v) is 7.88. The maximum absolute atomic E-state index is 4.25. The van der Waals surface area contributed by atoms with Crippen LogP contribution in [-0.2, 0) is 6.54 Å². The molecule has 0 aliphatic heterocycles. The fourth-order valence-electron chi connectivity index (χ4n) is 2.08. The largest absolute Gasteiger partial charge is 0.378 e. The Hall–Kier alpha value is -1.71. The molecular formula is C17H30N4. The van der Waals surface area contributed by atoms with Gasteiger partial charge in [-0.25, -0.2) is 0 Å². The van der Waals surface area contributed by atoms with Crippen LogP contribution in [0.15, 0.2) is 29.3 Å². The maximum Gasteiger partial charge on any atom is 0.191 e. The topological polar surface area (TPSA) is 39.7 Å². The number of rotatable bonds is 8. The van der Waals surface area contributed by atoms with Gasteiger partial charge >= 0.3 is 0 Å². The molecule has 0 amide bonds. The second-order valence-corrected chi connectivity index (χ2v) is 5.47. The van der Waals surface area contributed by atoms with E-state index in [-0.39, 0.29) is 0 Å². The fourth-order valence-corrected chi connectivity index (χ4v) is 2.08. The lowest BCUT2D eigenvalue weighted by Crippen LogP contribution is -2.37. The van der Waals surface area contributed by atoms with Crippen LogP contribution in [0.1, 0.15) is 38.2 Å². The van der Waals surface area contributed by atoms with Crippen molar-refractivity contribution in [3.05, 3.63) is 29.8 Å². The van der Waals surface area contributed by atoms with E-state index >= 15 is 0 Å². The summed E-state index contributed by atoms with van der Waals surface area (Å²) in [6.07, 6.45) is 5.07. The molecule has 0 unspecified atom stereocenters. The van der Waals surface area contributed by atoms with Crippen molar-refractivity contribution in [1.29, 1.82) is 0 Å². The first kappa shape index (κ1) is 17.3. The highest BCUT2D eigenvalue weighted by Gasteiger charge is 1.99. The molecule has 1 aromatic rings. The lowest BCUT2D eigenvalue weighted by Gasteiger charge is -2.14. The monoisotopic (exact) mass is 290 g/mol. The average molecular weight is 290 g/mol. The Morgan fingerprint density at radius 3 is 2.33 bits per heavy atom. The first-order valence-electron chi connectivity index (χ1n) is 7.88. The van der Waals surface area contributed by atoms with E-state index in [0.717, 1.165) is 19.0 Å². The minimum Gasteiger partial charge on any atom is -0.378 e. The van der Waals surface area contributed by atoms with E-state index in [1.165, 1.54) is 36.9 Å². The number of nitrogens with one attached hydrogen (secondary N) is 2. The number of aliphatic imine (C=N–C) groups is 1. The van der Waals surface area contributed by atoms with Crippen molar-refractivity contribution >= 4 is 11.6 Å². The molecule has 0 atom stereocenters. The Morgan fingerprint density at radius 2 is 1.76 bits per heavy atom. The van der Waals surface area contributed by atoms with Crippen molar-refractivity contribution in [2.24, 2.45) is 4.99 Å². The zero-order chi connectivity index (χ0) is 15.5. The number of unbranched alkanes of at least 4 members (excludes halogenated alkanes) is 3. The Balaban J connectivity index is 2.31. The molecule has 0 fully saturated rings. The van der Waals surface area contributed by atoms with E-state index in [9.17, 15) is 0 Å². The zero-order valence-corrected chi connectivity index (χ0v) is 13.9. The van der Waals surface area contributed by atoms with E-state index in [0.29, 0.717) is 0 Å². The van der Waals surface area contributed by atoms with Crippen molar-refractivity contribution in [3.8, 4) is 0 Å². The van der Waals surface area contributed by atoms with Crippen molar-refractivity contribution in [2.45, 2.75) is 39.2 Å². The van der Waals surface area contributed by atoms with Crippen LogP contribution in [0.25, 0.3) is 0 Å². The normalized spacial score (nSPS) is 11.3. The Labute approximate surface area is 129 Å². The summed E-state index contributed by atoms with van der Waals surface area (Å²) in [7, 11) is 5.92. The highest BCUT2D eigenvalue weighted by atomic mass is 15.2. The Kier molecular flexibility index (Phi) is 8.32. The van der Waals surface area contributed by atoms with Gasteiger partial charge in [-0.2, -0.15) is 0 Å². The zero-order valence-electron chi connectivity index (χ0n) is 13.9. The Bertz CT molecular complexity index is 409. The van der Waals surface area contributed by atoms with Crippen LogP contribution in [0, 0.1) is 0 Å². The fraction of sp³-hybridized carbons (Fsp3) is 0.588. The van der Waals surface area contributed by atoms with Gasteiger partial charge in [0, 0.05) is 39.9 Å². The molecule has 4 heteroatoms. The molecule has 118 valence electrons. The molecule has 2 N–H and O–H groups in total. The molecule has 0 heterocycles. The smallest absolute Gasteiger partial charge is 0.191 e. The molecule has 4 nitrogen and oxygen atoms in total. The van der Waals surface area contributed by atoms with Gasteiger partial charge < -0.3 is 15.5 Å². The van der Waals surface area contributed by atoms with E-state index < -0.39 is 0 Å². The lowest BCUT2D eigenvalue weighted by atomic mass is 10.2. The number of hydrogen-bond acceptors (Lipinski definition) is 2. The predicted molar refractivity (Wildman–Crippen MR) is 93.1 cm³/mol. The minimum absolute atomic E-state index is 0.794. The van der Waals surface area contributed by atoms with Crippen LogP contribution in [0.2, 0.25) is 0 Å². The number of anilines is 1. The third kappa shape index (κ3) is 7.02. The maximum atomic E-state index is 4.25. The second kappa shape index (κ2) is 10.1. The van der Waals surface area contributed by atoms with Crippen LogP contribution in [-0.4, -0.2) is 33.6 Å². The molecule has 0 radical (unpaired) electrons. The van der Waals surface area contributed by atoms with Crippen molar-refractivity contribution in [3.63, 3.8) is 0 Å². The summed E-state index contributed by atoms with van der Waals surface area (Å²) < 4.78 is 0. The Morgan fingerprint density at radius 1 is 1.05 bits per heavy atom. The standard InChI is InChI=1S/C17H30N4/c1-5-6-7-8-13-19-17(18-2)20-14-15-9-11-16(12-10-15)21(3)4/h9-12H,5-8,13-14H2,1-4H3,(H2,18,19,20). The molecule has 0 bridgehead atoms. The lowest BCUT2D eigenvalue weighted by molar-refractivity contribution is 0.647. The summed E-state index contributed by atoms with van der Waals surface area (Å²) >= 11 is 0. The molecule has 0 saturated carbocycles. The van der Waals surface area contributed by atoms with Crippen LogP contribution in [0.3, 0.4) is 0 Å². The number of benzene rings is 1.